The molecule has 0 saturated carbocycles. The van der Waals surface area contributed by atoms with Crippen molar-refractivity contribution in [2.75, 3.05) is 13.1 Å². The van der Waals surface area contributed by atoms with E-state index in [0.29, 0.717) is 41.9 Å². The number of aliphatic hydroxyl groups excluding tert-OH is 1. The van der Waals surface area contributed by atoms with Crippen molar-refractivity contribution in [3.05, 3.63) is 89.9 Å². The van der Waals surface area contributed by atoms with Crippen molar-refractivity contribution in [2.24, 2.45) is 0 Å². The van der Waals surface area contributed by atoms with Crippen LogP contribution in [0.1, 0.15) is 30.2 Å². The third-order valence-electron chi connectivity index (χ3n) is 6.81. The van der Waals surface area contributed by atoms with Gasteiger partial charge in [0.15, 0.2) is 5.65 Å². The van der Waals surface area contributed by atoms with Crippen molar-refractivity contribution in [1.29, 1.82) is 0 Å². The Labute approximate surface area is 206 Å². The van der Waals surface area contributed by atoms with Gasteiger partial charge in [0.2, 0.25) is 5.91 Å². The fourth-order valence-electron chi connectivity index (χ4n) is 4.91. The Balaban J connectivity index is 1.60. The Morgan fingerprint density at radius 2 is 1.81 bits per heavy atom. The van der Waals surface area contributed by atoms with Crippen LogP contribution in [0.25, 0.3) is 16.8 Å². The molecular weight excluding hydrogens is 469 g/mol. The highest BCUT2D eigenvalue weighted by Gasteiger charge is 2.42. The number of likely N-dealkylation sites (tertiary alicyclic amines) is 1. The number of fused-ring (bicyclic) bond motifs is 1. The van der Waals surface area contributed by atoms with E-state index in [4.69, 9.17) is 0 Å². The summed E-state index contributed by atoms with van der Waals surface area (Å²) in [5.41, 5.74) is 1.37. The highest BCUT2D eigenvalue weighted by Crippen LogP contribution is 2.35. The molecule has 4 aromatic rings. The van der Waals surface area contributed by atoms with Crippen LogP contribution in [0, 0.1) is 0 Å². The molecule has 0 spiro atoms. The van der Waals surface area contributed by atoms with Crippen molar-refractivity contribution in [3.8, 4) is 11.1 Å². The number of β-amino-alcohol motifs (C(OH)–C–C–N with tert-alkyl or cyclic N) is 1. The van der Waals surface area contributed by atoms with E-state index in [2.05, 4.69) is 10.1 Å². The molecule has 9 heteroatoms. The summed E-state index contributed by atoms with van der Waals surface area (Å²) in [7, 11) is 0. The Kier molecular flexibility index (Phi) is 6.04. The normalized spacial score (nSPS) is 17.9. The molecule has 1 N–H and O–H groups in total. The van der Waals surface area contributed by atoms with Crippen molar-refractivity contribution in [1.82, 2.24) is 19.5 Å². The first-order chi connectivity index (χ1) is 17.2. The lowest BCUT2D eigenvalue weighted by Gasteiger charge is -2.33. The van der Waals surface area contributed by atoms with Gasteiger partial charge in [-0.15, -0.1) is 0 Å². The molecule has 186 valence electrons. The molecule has 0 aliphatic carbocycles. The number of halogens is 3. The number of aromatic nitrogens is 3. The van der Waals surface area contributed by atoms with E-state index in [-0.39, 0.29) is 12.5 Å². The van der Waals surface area contributed by atoms with Crippen LogP contribution in [0.15, 0.2) is 73.1 Å². The summed E-state index contributed by atoms with van der Waals surface area (Å²) in [6.45, 7) is 2.60. The van der Waals surface area contributed by atoms with Gasteiger partial charge < -0.3 is 10.0 Å². The molecule has 36 heavy (non-hydrogen) atoms. The molecule has 6 nitrogen and oxygen atoms in total. The molecule has 2 unspecified atom stereocenters. The van der Waals surface area contributed by atoms with Crippen LogP contribution >= 0.6 is 0 Å². The molecule has 1 amide bonds. The fourth-order valence-corrected chi connectivity index (χ4v) is 4.91. The fraction of sp³-hybridized carbons (Fsp3) is 0.296. The Bertz CT molecular complexity index is 1390. The van der Waals surface area contributed by atoms with E-state index < -0.39 is 23.3 Å². The van der Waals surface area contributed by atoms with Crippen LogP contribution in [0.2, 0.25) is 0 Å². The van der Waals surface area contributed by atoms with E-state index in [0.717, 1.165) is 17.7 Å². The van der Waals surface area contributed by atoms with Crippen LogP contribution in [0.5, 0.6) is 0 Å². The molecule has 5 rings (SSSR count). The van der Waals surface area contributed by atoms with E-state index in [1.807, 2.05) is 37.3 Å². The molecule has 1 aliphatic rings. The number of nitrogens with zero attached hydrogens (tertiary/aromatic N) is 4. The molecule has 0 bridgehead atoms. The molecule has 0 radical (unpaired) electrons. The predicted octanol–water partition coefficient (Wildman–Crippen LogP) is 4.51. The summed E-state index contributed by atoms with van der Waals surface area (Å²) in [5.74, 6) is -0.123. The van der Waals surface area contributed by atoms with Crippen molar-refractivity contribution < 1.29 is 23.1 Å². The van der Waals surface area contributed by atoms with E-state index in [9.17, 15) is 23.1 Å². The highest BCUT2D eigenvalue weighted by molar-refractivity contribution is 5.88. The summed E-state index contributed by atoms with van der Waals surface area (Å²) in [6, 6.07) is 16.3. The molecule has 2 atom stereocenters. The van der Waals surface area contributed by atoms with Gasteiger partial charge in [0.25, 0.3) is 0 Å². The maximum absolute atomic E-state index is 13.9. The number of hydrogen-bond acceptors (Lipinski definition) is 4. The SMILES string of the molecule is CC(Cc1ccccc1)(C(=O)N1CCC(O)C1)c1ccnc2c(-c3ccc(C(F)(F)F)cc3)cnn12. The first-order valence-corrected chi connectivity index (χ1v) is 11.7. The van der Waals surface area contributed by atoms with E-state index in [1.54, 1.807) is 27.9 Å². The van der Waals surface area contributed by atoms with Gasteiger partial charge in [-0.2, -0.15) is 18.3 Å². The van der Waals surface area contributed by atoms with Crippen LogP contribution in [0.4, 0.5) is 13.2 Å². The number of rotatable bonds is 5. The molecule has 1 aliphatic heterocycles. The summed E-state index contributed by atoms with van der Waals surface area (Å²) < 4.78 is 40.7. The lowest BCUT2D eigenvalue weighted by atomic mass is 9.78. The second-order valence-electron chi connectivity index (χ2n) is 9.39. The van der Waals surface area contributed by atoms with Gasteiger partial charge in [0.1, 0.15) is 0 Å². The van der Waals surface area contributed by atoms with Crippen LogP contribution in [0.3, 0.4) is 0 Å². The predicted molar refractivity (Wildman–Crippen MR) is 128 cm³/mol. The van der Waals surface area contributed by atoms with Crippen LogP contribution in [-0.2, 0) is 22.8 Å². The molecule has 1 saturated heterocycles. The number of alkyl halides is 3. The third kappa shape index (κ3) is 4.35. The number of aliphatic hydroxyl groups is 1. The van der Waals surface area contributed by atoms with E-state index in [1.165, 1.54) is 12.1 Å². The Morgan fingerprint density at radius 3 is 2.44 bits per heavy atom. The molecular formula is C27H25F3N4O2. The first-order valence-electron chi connectivity index (χ1n) is 11.7. The lowest BCUT2D eigenvalue weighted by Crippen LogP contribution is -2.47. The minimum absolute atomic E-state index is 0.123. The molecule has 1 fully saturated rings. The Morgan fingerprint density at radius 1 is 1.08 bits per heavy atom. The van der Waals surface area contributed by atoms with Crippen LogP contribution in [-0.4, -0.2) is 49.7 Å². The summed E-state index contributed by atoms with van der Waals surface area (Å²) >= 11 is 0. The van der Waals surface area contributed by atoms with Gasteiger partial charge in [0.05, 0.1) is 29.0 Å². The zero-order valence-corrected chi connectivity index (χ0v) is 19.6. The van der Waals surface area contributed by atoms with Crippen molar-refractivity contribution >= 4 is 11.6 Å². The number of hydrogen-bond donors (Lipinski definition) is 1. The van der Waals surface area contributed by atoms with Gasteiger partial charge >= 0.3 is 6.18 Å². The summed E-state index contributed by atoms with van der Waals surface area (Å²) in [5, 5.41) is 14.6. The molecule has 2 aromatic carbocycles. The monoisotopic (exact) mass is 494 g/mol. The molecule has 2 aromatic heterocycles. The minimum atomic E-state index is -4.42. The number of amides is 1. The average molecular weight is 495 g/mol. The smallest absolute Gasteiger partial charge is 0.391 e. The lowest BCUT2D eigenvalue weighted by molar-refractivity contribution is -0.137. The van der Waals surface area contributed by atoms with Gasteiger partial charge in [0, 0.05) is 24.8 Å². The minimum Gasteiger partial charge on any atom is -0.391 e. The van der Waals surface area contributed by atoms with Crippen molar-refractivity contribution in [3.63, 3.8) is 0 Å². The van der Waals surface area contributed by atoms with Gasteiger partial charge in [-0.25, -0.2) is 9.50 Å². The van der Waals surface area contributed by atoms with Gasteiger partial charge in [-0.1, -0.05) is 42.5 Å². The standard InChI is InChI=1S/C27H25F3N4O2/c1-26(15-18-5-3-2-4-6-18,25(36)33-14-12-21(35)17-33)23-11-13-31-24-22(16-32-34(23)24)19-7-9-20(10-8-19)27(28,29)30/h2-11,13,16,21,35H,12,14-15,17H2,1H3. The zero-order chi connectivity index (χ0) is 25.5. The first kappa shape index (κ1) is 24.0. The van der Waals surface area contributed by atoms with Gasteiger partial charge in [-0.3, -0.25) is 4.79 Å². The summed E-state index contributed by atoms with van der Waals surface area (Å²) in [4.78, 5) is 20.0. The number of carbonyl (C=O) groups excluding carboxylic acids is 1. The largest absolute Gasteiger partial charge is 0.416 e. The third-order valence-corrected chi connectivity index (χ3v) is 6.81. The summed E-state index contributed by atoms with van der Waals surface area (Å²) in [6.07, 6.45) is -0.903. The van der Waals surface area contributed by atoms with Crippen molar-refractivity contribution in [2.45, 2.75) is 37.5 Å². The quantitative estimate of drug-likeness (QED) is 0.443. The Hall–Kier alpha value is -3.72. The van der Waals surface area contributed by atoms with E-state index >= 15 is 0 Å². The maximum atomic E-state index is 13.9. The number of carbonyl (C=O) groups is 1. The second kappa shape index (κ2) is 9.05. The van der Waals surface area contributed by atoms with Gasteiger partial charge in [-0.05, 0) is 49.1 Å². The topological polar surface area (TPSA) is 70.7 Å². The van der Waals surface area contributed by atoms with Crippen LogP contribution < -0.4 is 0 Å². The zero-order valence-electron chi connectivity index (χ0n) is 19.6. The molecule has 3 heterocycles. The highest BCUT2D eigenvalue weighted by atomic mass is 19.4. The maximum Gasteiger partial charge on any atom is 0.416 e. The number of benzene rings is 2. The second-order valence-corrected chi connectivity index (χ2v) is 9.39. The average Bonchev–Trinajstić information content (AvgIpc) is 3.50.